The Labute approximate surface area is 80.4 Å². The van der Waals surface area contributed by atoms with E-state index in [0.717, 1.165) is 23.6 Å². The zero-order valence-electron chi connectivity index (χ0n) is 7.74. The number of rotatable bonds is 1. The van der Waals surface area contributed by atoms with Gasteiger partial charge in [-0.15, -0.1) is 0 Å². The van der Waals surface area contributed by atoms with Crippen LogP contribution >= 0.6 is 0 Å². The maximum absolute atomic E-state index is 5.54. The first-order valence-corrected chi connectivity index (χ1v) is 4.56. The van der Waals surface area contributed by atoms with Crippen molar-refractivity contribution in [1.82, 2.24) is 4.98 Å². The summed E-state index contributed by atoms with van der Waals surface area (Å²) in [5.41, 5.74) is 1.52. The summed E-state index contributed by atoms with van der Waals surface area (Å²) in [4.78, 5) is 4.31. The second kappa shape index (κ2) is 2.64. The van der Waals surface area contributed by atoms with Gasteiger partial charge in [-0.2, -0.15) is 0 Å². The van der Waals surface area contributed by atoms with Crippen molar-refractivity contribution in [2.75, 3.05) is 6.79 Å². The van der Waals surface area contributed by atoms with Gasteiger partial charge in [0.1, 0.15) is 5.52 Å². The second-order valence-electron chi connectivity index (χ2n) is 3.11. The van der Waals surface area contributed by atoms with Crippen LogP contribution in [0.4, 0.5) is 0 Å². The molecule has 1 aliphatic rings. The predicted octanol–water partition coefficient (Wildman–Crippen LogP) is 2.12. The van der Waals surface area contributed by atoms with Gasteiger partial charge in [-0.1, -0.05) is 6.92 Å². The average molecular weight is 191 g/mol. The normalized spacial score (nSPS) is 13.8. The van der Waals surface area contributed by atoms with Gasteiger partial charge in [0.2, 0.25) is 18.1 Å². The first-order valence-electron chi connectivity index (χ1n) is 4.56. The van der Waals surface area contributed by atoms with Gasteiger partial charge in [0.05, 0.1) is 0 Å². The Balaban J connectivity index is 2.31. The first kappa shape index (κ1) is 7.67. The molecule has 1 aromatic carbocycles. The Hall–Kier alpha value is -1.71. The fourth-order valence-electron chi connectivity index (χ4n) is 1.55. The van der Waals surface area contributed by atoms with Crippen LogP contribution in [0.15, 0.2) is 16.5 Å². The number of hydrogen-bond donors (Lipinski definition) is 0. The summed E-state index contributed by atoms with van der Waals surface area (Å²) in [5, 5.41) is 0. The minimum absolute atomic E-state index is 0.261. The van der Waals surface area contributed by atoms with E-state index in [1.807, 2.05) is 19.1 Å². The number of aromatic nitrogens is 1. The minimum atomic E-state index is 0.261. The number of ether oxygens (including phenoxy) is 2. The Kier molecular flexibility index (Phi) is 1.45. The number of aryl methyl sites for hydroxylation is 1. The predicted molar refractivity (Wildman–Crippen MR) is 49.5 cm³/mol. The topological polar surface area (TPSA) is 44.5 Å². The van der Waals surface area contributed by atoms with Gasteiger partial charge in [-0.25, -0.2) is 4.98 Å². The van der Waals surface area contributed by atoms with Crippen LogP contribution in [-0.2, 0) is 6.42 Å². The van der Waals surface area contributed by atoms with Gasteiger partial charge in [-0.3, -0.25) is 0 Å². The first-order chi connectivity index (χ1) is 6.88. The molecule has 0 saturated carbocycles. The second-order valence-corrected chi connectivity index (χ2v) is 3.11. The third-order valence-corrected chi connectivity index (χ3v) is 2.24. The summed E-state index contributed by atoms with van der Waals surface area (Å²) in [6, 6.07) is 3.73. The molecule has 0 aliphatic carbocycles. The van der Waals surface area contributed by atoms with Crippen LogP contribution in [0.5, 0.6) is 11.5 Å². The molecule has 0 atom stereocenters. The van der Waals surface area contributed by atoms with Gasteiger partial charge in [0.15, 0.2) is 11.6 Å². The average Bonchev–Trinajstić information content (AvgIpc) is 2.82. The smallest absolute Gasteiger partial charge is 0.231 e. The quantitative estimate of drug-likeness (QED) is 0.692. The number of nitrogens with zero attached hydrogens (tertiary/aromatic N) is 1. The van der Waals surface area contributed by atoms with Crippen LogP contribution in [0.1, 0.15) is 12.8 Å². The van der Waals surface area contributed by atoms with Crippen molar-refractivity contribution in [3.05, 3.63) is 18.0 Å². The van der Waals surface area contributed by atoms with Gasteiger partial charge in [-0.05, 0) is 12.1 Å². The van der Waals surface area contributed by atoms with Crippen molar-refractivity contribution in [3.8, 4) is 11.5 Å². The van der Waals surface area contributed by atoms with E-state index in [0.29, 0.717) is 11.3 Å². The molecule has 2 heterocycles. The maximum atomic E-state index is 5.54. The van der Waals surface area contributed by atoms with Crippen LogP contribution in [0, 0.1) is 0 Å². The molecule has 0 spiro atoms. The Morgan fingerprint density at radius 3 is 3.14 bits per heavy atom. The third kappa shape index (κ3) is 0.907. The molecule has 2 aromatic rings. The molecule has 0 N–H and O–H groups in total. The Bertz CT molecular complexity index is 489. The van der Waals surface area contributed by atoms with E-state index < -0.39 is 0 Å². The highest BCUT2D eigenvalue weighted by molar-refractivity contribution is 5.83. The molecule has 14 heavy (non-hydrogen) atoms. The summed E-state index contributed by atoms with van der Waals surface area (Å²) >= 11 is 0. The lowest BCUT2D eigenvalue weighted by Crippen LogP contribution is -1.93. The highest BCUT2D eigenvalue weighted by Gasteiger charge is 2.20. The summed E-state index contributed by atoms with van der Waals surface area (Å²) < 4.78 is 16.1. The number of fused-ring (bicyclic) bond motifs is 3. The van der Waals surface area contributed by atoms with Crippen LogP contribution in [-0.4, -0.2) is 11.8 Å². The third-order valence-electron chi connectivity index (χ3n) is 2.24. The lowest BCUT2D eigenvalue weighted by molar-refractivity contribution is 0.174. The summed E-state index contributed by atoms with van der Waals surface area (Å²) in [7, 11) is 0. The molecule has 0 saturated heterocycles. The molecule has 0 fully saturated rings. The van der Waals surface area contributed by atoms with Crippen molar-refractivity contribution >= 4 is 11.1 Å². The molecule has 1 aliphatic heterocycles. The van der Waals surface area contributed by atoms with E-state index in [1.165, 1.54) is 0 Å². The highest BCUT2D eigenvalue weighted by atomic mass is 16.7. The van der Waals surface area contributed by atoms with E-state index in [9.17, 15) is 0 Å². The zero-order valence-corrected chi connectivity index (χ0v) is 7.74. The highest BCUT2D eigenvalue weighted by Crippen LogP contribution is 2.39. The summed E-state index contributed by atoms with van der Waals surface area (Å²) in [6.07, 6.45) is 0.782. The van der Waals surface area contributed by atoms with Crippen molar-refractivity contribution in [3.63, 3.8) is 0 Å². The molecule has 4 nitrogen and oxygen atoms in total. The van der Waals surface area contributed by atoms with Crippen molar-refractivity contribution in [2.45, 2.75) is 13.3 Å². The largest absolute Gasteiger partial charge is 0.453 e. The van der Waals surface area contributed by atoms with Crippen LogP contribution in [0.25, 0.3) is 11.1 Å². The number of benzene rings is 1. The minimum Gasteiger partial charge on any atom is -0.453 e. The lowest BCUT2D eigenvalue weighted by atomic mass is 10.3. The van der Waals surface area contributed by atoms with Gasteiger partial charge < -0.3 is 13.9 Å². The molecule has 0 bridgehead atoms. The van der Waals surface area contributed by atoms with Crippen molar-refractivity contribution in [2.24, 2.45) is 0 Å². The van der Waals surface area contributed by atoms with Crippen molar-refractivity contribution in [1.29, 1.82) is 0 Å². The van der Waals surface area contributed by atoms with Crippen molar-refractivity contribution < 1.29 is 13.9 Å². The van der Waals surface area contributed by atoms with E-state index in [4.69, 9.17) is 13.9 Å². The van der Waals surface area contributed by atoms with E-state index >= 15 is 0 Å². The SMILES string of the molecule is CCc1nc2ccc3c(c2o1)OCO3. The van der Waals surface area contributed by atoms with E-state index in [2.05, 4.69) is 4.98 Å². The molecule has 3 rings (SSSR count). The fourth-order valence-corrected chi connectivity index (χ4v) is 1.55. The van der Waals surface area contributed by atoms with Crippen LogP contribution < -0.4 is 9.47 Å². The monoisotopic (exact) mass is 191 g/mol. The fraction of sp³-hybridized carbons (Fsp3) is 0.300. The lowest BCUT2D eigenvalue weighted by Gasteiger charge is -1.93. The molecule has 1 aromatic heterocycles. The Morgan fingerprint density at radius 1 is 1.36 bits per heavy atom. The molecular weight excluding hydrogens is 182 g/mol. The molecular formula is C10H9NO3. The maximum Gasteiger partial charge on any atom is 0.231 e. The standard InChI is InChI=1S/C10H9NO3/c1-2-8-11-6-3-4-7-10(9(6)14-8)13-5-12-7/h3-4H,2,5H2,1H3. The van der Waals surface area contributed by atoms with Gasteiger partial charge >= 0.3 is 0 Å². The zero-order chi connectivity index (χ0) is 9.54. The Morgan fingerprint density at radius 2 is 2.29 bits per heavy atom. The molecule has 72 valence electrons. The van der Waals surface area contributed by atoms with Gasteiger partial charge in [0, 0.05) is 6.42 Å². The molecule has 0 unspecified atom stereocenters. The van der Waals surface area contributed by atoms with E-state index in [-0.39, 0.29) is 6.79 Å². The number of oxazole rings is 1. The van der Waals surface area contributed by atoms with Crippen LogP contribution in [0.2, 0.25) is 0 Å². The molecule has 0 radical (unpaired) electrons. The van der Waals surface area contributed by atoms with E-state index in [1.54, 1.807) is 0 Å². The molecule has 4 heteroatoms. The molecule has 0 amide bonds. The van der Waals surface area contributed by atoms with Gasteiger partial charge in [0.25, 0.3) is 0 Å². The summed E-state index contributed by atoms with van der Waals surface area (Å²) in [6.45, 7) is 2.26. The number of hydrogen-bond acceptors (Lipinski definition) is 4. The summed E-state index contributed by atoms with van der Waals surface area (Å²) in [5.74, 6) is 2.13. The van der Waals surface area contributed by atoms with Crippen LogP contribution in [0.3, 0.4) is 0 Å².